The summed E-state index contributed by atoms with van der Waals surface area (Å²) in [7, 11) is 0. The van der Waals surface area contributed by atoms with Crippen LogP contribution in [0.4, 0.5) is 17.1 Å². The van der Waals surface area contributed by atoms with Crippen LogP contribution in [0.15, 0.2) is 12.1 Å². The van der Waals surface area contributed by atoms with Crippen LogP contribution in [0.25, 0.3) is 0 Å². The Kier molecular flexibility index (Phi) is 4.74. The second-order valence-corrected chi connectivity index (χ2v) is 5.23. The zero-order valence-electron chi connectivity index (χ0n) is 12.0. The molecule has 0 saturated carbocycles. The van der Waals surface area contributed by atoms with Gasteiger partial charge < -0.3 is 16.4 Å². The Bertz CT molecular complexity index is 559. The molecule has 0 fully saturated rings. The van der Waals surface area contributed by atoms with Crippen molar-refractivity contribution in [1.82, 2.24) is 0 Å². The first-order chi connectivity index (χ1) is 10.0. The fourth-order valence-electron chi connectivity index (χ4n) is 2.45. The van der Waals surface area contributed by atoms with Gasteiger partial charge in [0.05, 0.1) is 11.3 Å². The molecule has 7 heteroatoms. The number of nitrogens with zero attached hydrogens (tertiary/aromatic N) is 1. The largest absolute Gasteiger partial charge is 0.375 e. The number of amides is 1. The molecule has 1 amide bonds. The first kappa shape index (κ1) is 15.2. The van der Waals surface area contributed by atoms with E-state index >= 15 is 0 Å². The molecule has 0 radical (unpaired) electrons. The highest BCUT2D eigenvalue weighted by Crippen LogP contribution is 2.35. The molecule has 0 bridgehead atoms. The van der Waals surface area contributed by atoms with E-state index < -0.39 is 4.92 Å². The molecule has 21 heavy (non-hydrogen) atoms. The Hall–Kier alpha value is -2.15. The molecule has 4 N–H and O–H groups in total. The Morgan fingerprint density at radius 1 is 1.52 bits per heavy atom. The third kappa shape index (κ3) is 3.49. The van der Waals surface area contributed by atoms with E-state index in [4.69, 9.17) is 5.73 Å². The number of hydrogen-bond donors (Lipinski definition) is 3. The van der Waals surface area contributed by atoms with Gasteiger partial charge in [-0.05, 0) is 18.1 Å². The lowest BCUT2D eigenvalue weighted by Gasteiger charge is -2.18. The van der Waals surface area contributed by atoms with Crippen molar-refractivity contribution >= 4 is 23.0 Å². The Morgan fingerprint density at radius 2 is 2.29 bits per heavy atom. The van der Waals surface area contributed by atoms with Crippen LogP contribution in [-0.2, 0) is 11.2 Å². The van der Waals surface area contributed by atoms with Crippen LogP contribution >= 0.6 is 0 Å². The molecule has 2 rings (SSSR count). The molecular weight excluding hydrogens is 272 g/mol. The predicted molar refractivity (Wildman–Crippen MR) is 81.4 cm³/mol. The summed E-state index contributed by atoms with van der Waals surface area (Å²) in [4.78, 5) is 22.2. The number of nitro benzene ring substituents is 1. The van der Waals surface area contributed by atoms with E-state index in [1.165, 1.54) is 6.07 Å². The molecular formula is C14H20N4O3. The molecule has 1 aliphatic rings. The molecule has 1 unspecified atom stereocenters. The fourth-order valence-corrected chi connectivity index (χ4v) is 2.45. The smallest absolute Gasteiger partial charge is 0.292 e. The van der Waals surface area contributed by atoms with Crippen molar-refractivity contribution in [3.8, 4) is 0 Å². The molecule has 1 aliphatic heterocycles. The fraction of sp³-hybridized carbons (Fsp3) is 0.500. The summed E-state index contributed by atoms with van der Waals surface area (Å²) in [6.45, 7) is 2.49. The molecule has 0 aromatic heterocycles. The first-order valence-electron chi connectivity index (χ1n) is 7.13. The van der Waals surface area contributed by atoms with Gasteiger partial charge in [-0.2, -0.15) is 0 Å². The second-order valence-electron chi connectivity index (χ2n) is 5.23. The highest BCUT2D eigenvalue weighted by Gasteiger charge is 2.25. The van der Waals surface area contributed by atoms with E-state index in [0.29, 0.717) is 23.5 Å². The summed E-state index contributed by atoms with van der Waals surface area (Å²) >= 11 is 0. The zero-order valence-corrected chi connectivity index (χ0v) is 12.0. The summed E-state index contributed by atoms with van der Waals surface area (Å²) in [5.41, 5.74) is 7.42. The van der Waals surface area contributed by atoms with E-state index in [1.807, 2.05) is 0 Å². The van der Waals surface area contributed by atoms with Crippen molar-refractivity contribution < 1.29 is 9.72 Å². The molecule has 1 aromatic rings. The van der Waals surface area contributed by atoms with Crippen molar-refractivity contribution in [2.24, 2.45) is 5.73 Å². The number of hydrogen-bond acceptors (Lipinski definition) is 5. The van der Waals surface area contributed by atoms with E-state index in [1.54, 1.807) is 6.07 Å². The standard InChI is InChI=1S/C14H20N4O3/c1-2-3-4-10(8-15)16-12-7-11-9(6-14(19)17-11)5-13(12)18(20)21/h5,7,10,16H,2-4,6,8,15H2,1H3,(H,17,19). The van der Waals surface area contributed by atoms with Gasteiger partial charge in [-0.15, -0.1) is 0 Å². The average molecular weight is 292 g/mol. The third-order valence-corrected chi connectivity index (χ3v) is 3.59. The number of unbranched alkanes of at least 4 members (excludes halogenated alkanes) is 1. The van der Waals surface area contributed by atoms with Crippen LogP contribution in [-0.4, -0.2) is 23.4 Å². The van der Waals surface area contributed by atoms with Gasteiger partial charge >= 0.3 is 0 Å². The molecule has 0 spiro atoms. The minimum atomic E-state index is -0.432. The number of nitro groups is 1. The maximum atomic E-state index is 11.4. The second kappa shape index (κ2) is 6.53. The summed E-state index contributed by atoms with van der Waals surface area (Å²) in [6, 6.07) is 3.08. The molecule has 1 atom stereocenters. The van der Waals surface area contributed by atoms with Crippen molar-refractivity contribution in [3.05, 3.63) is 27.8 Å². The van der Waals surface area contributed by atoms with Crippen LogP contribution in [0.2, 0.25) is 0 Å². The van der Waals surface area contributed by atoms with Gasteiger partial charge in [-0.1, -0.05) is 19.8 Å². The number of nitrogens with one attached hydrogen (secondary N) is 2. The highest BCUT2D eigenvalue weighted by molar-refractivity contribution is 6.00. The number of nitrogens with two attached hydrogens (primary N) is 1. The molecule has 0 saturated heterocycles. The molecule has 1 aromatic carbocycles. The highest BCUT2D eigenvalue weighted by atomic mass is 16.6. The van der Waals surface area contributed by atoms with Gasteiger partial charge in [0.25, 0.3) is 5.69 Å². The molecule has 1 heterocycles. The minimum absolute atomic E-state index is 0.0137. The summed E-state index contributed by atoms with van der Waals surface area (Å²) < 4.78 is 0. The number of carbonyl (C=O) groups excluding carboxylic acids is 1. The van der Waals surface area contributed by atoms with Crippen LogP contribution < -0.4 is 16.4 Å². The van der Waals surface area contributed by atoms with E-state index in [2.05, 4.69) is 17.6 Å². The monoisotopic (exact) mass is 292 g/mol. The average Bonchev–Trinajstić information content (AvgIpc) is 2.81. The van der Waals surface area contributed by atoms with Gasteiger partial charge in [-0.3, -0.25) is 14.9 Å². The normalized spacial score (nSPS) is 14.5. The van der Waals surface area contributed by atoms with Crippen LogP contribution in [0.5, 0.6) is 0 Å². The van der Waals surface area contributed by atoms with Crippen molar-refractivity contribution in [2.75, 3.05) is 17.2 Å². The topological polar surface area (TPSA) is 110 Å². The lowest BCUT2D eigenvalue weighted by Crippen LogP contribution is -2.29. The predicted octanol–water partition coefficient (Wildman–Crippen LogP) is 2.02. The first-order valence-corrected chi connectivity index (χ1v) is 7.13. The van der Waals surface area contributed by atoms with E-state index in [9.17, 15) is 14.9 Å². The lowest BCUT2D eigenvalue weighted by molar-refractivity contribution is -0.384. The van der Waals surface area contributed by atoms with Gasteiger partial charge in [0.2, 0.25) is 5.91 Å². The number of fused-ring (bicyclic) bond motifs is 1. The molecule has 0 aliphatic carbocycles. The van der Waals surface area contributed by atoms with E-state index in [-0.39, 0.29) is 24.1 Å². The Morgan fingerprint density at radius 3 is 2.90 bits per heavy atom. The summed E-state index contributed by atoms with van der Waals surface area (Å²) in [5, 5.41) is 17.1. The maximum Gasteiger partial charge on any atom is 0.292 e. The molecule has 114 valence electrons. The van der Waals surface area contributed by atoms with Gasteiger partial charge in [-0.25, -0.2) is 0 Å². The van der Waals surface area contributed by atoms with Gasteiger partial charge in [0, 0.05) is 24.3 Å². The number of carbonyl (C=O) groups is 1. The van der Waals surface area contributed by atoms with E-state index in [0.717, 1.165) is 19.3 Å². The van der Waals surface area contributed by atoms with Crippen LogP contribution in [0.3, 0.4) is 0 Å². The van der Waals surface area contributed by atoms with Gasteiger partial charge in [0.15, 0.2) is 0 Å². The van der Waals surface area contributed by atoms with Crippen LogP contribution in [0.1, 0.15) is 31.7 Å². The Labute approximate surface area is 123 Å². The summed E-state index contributed by atoms with van der Waals surface area (Å²) in [5.74, 6) is -0.141. The Balaban J connectivity index is 2.27. The van der Waals surface area contributed by atoms with Crippen LogP contribution in [0, 0.1) is 10.1 Å². The molecule has 7 nitrogen and oxygen atoms in total. The summed E-state index contributed by atoms with van der Waals surface area (Å²) in [6.07, 6.45) is 3.09. The lowest BCUT2D eigenvalue weighted by atomic mass is 10.1. The van der Waals surface area contributed by atoms with Crippen molar-refractivity contribution in [3.63, 3.8) is 0 Å². The quantitative estimate of drug-likeness (QED) is 0.526. The van der Waals surface area contributed by atoms with Crippen molar-refractivity contribution in [1.29, 1.82) is 0 Å². The zero-order chi connectivity index (χ0) is 15.4. The maximum absolute atomic E-state index is 11.4. The number of benzene rings is 1. The minimum Gasteiger partial charge on any atom is -0.375 e. The number of anilines is 2. The third-order valence-electron chi connectivity index (χ3n) is 3.59. The van der Waals surface area contributed by atoms with Crippen molar-refractivity contribution in [2.45, 2.75) is 38.6 Å². The van der Waals surface area contributed by atoms with Gasteiger partial charge in [0.1, 0.15) is 5.69 Å². The number of rotatable bonds is 7. The SMILES string of the molecule is CCCCC(CN)Nc1cc2c(cc1[N+](=O)[O-])CC(=O)N2.